The highest BCUT2D eigenvalue weighted by Gasteiger charge is 2.23. The van der Waals surface area contributed by atoms with E-state index in [0.29, 0.717) is 10.9 Å². The van der Waals surface area contributed by atoms with E-state index in [1.807, 2.05) is 25.1 Å². The molecule has 0 atom stereocenters. The van der Waals surface area contributed by atoms with Crippen molar-refractivity contribution in [1.82, 2.24) is 4.98 Å². The Kier molecular flexibility index (Phi) is 2.67. The maximum atomic E-state index is 11.6. The molecular formula is C13H13N3O2S. The summed E-state index contributed by atoms with van der Waals surface area (Å²) in [6.45, 7) is 2.07. The Hall–Kier alpha value is -2.08. The number of aromatic nitrogens is 1. The summed E-state index contributed by atoms with van der Waals surface area (Å²) in [5.74, 6) is 0.658. The average molecular weight is 275 g/mol. The Labute approximate surface area is 114 Å². The first-order valence-electron chi connectivity index (χ1n) is 5.83. The first-order chi connectivity index (χ1) is 9.06. The molecule has 1 amide bonds. The van der Waals surface area contributed by atoms with Gasteiger partial charge < -0.3 is 15.4 Å². The summed E-state index contributed by atoms with van der Waals surface area (Å²) in [7, 11) is 1.75. The van der Waals surface area contributed by atoms with Crippen molar-refractivity contribution in [3.8, 4) is 17.0 Å². The SMILES string of the molecule is Cc1sc(N)nc1-c1ccc2c(c1)N(C)C(=O)CO2. The predicted molar refractivity (Wildman–Crippen MR) is 75.6 cm³/mol. The number of ether oxygens (including phenoxy) is 1. The summed E-state index contributed by atoms with van der Waals surface area (Å²) >= 11 is 1.46. The van der Waals surface area contributed by atoms with E-state index < -0.39 is 0 Å². The number of benzene rings is 1. The molecule has 0 fully saturated rings. The van der Waals surface area contributed by atoms with Crippen LogP contribution in [-0.4, -0.2) is 24.5 Å². The van der Waals surface area contributed by atoms with E-state index in [2.05, 4.69) is 4.98 Å². The lowest BCUT2D eigenvalue weighted by Crippen LogP contribution is -2.35. The number of carbonyl (C=O) groups excluding carboxylic acids is 1. The topological polar surface area (TPSA) is 68.5 Å². The molecule has 5 nitrogen and oxygen atoms in total. The number of nitrogens with two attached hydrogens (primary N) is 1. The van der Waals surface area contributed by atoms with E-state index in [4.69, 9.17) is 10.5 Å². The van der Waals surface area contributed by atoms with Gasteiger partial charge >= 0.3 is 0 Å². The van der Waals surface area contributed by atoms with Gasteiger partial charge in [0.05, 0.1) is 11.4 Å². The molecule has 3 rings (SSSR count). The van der Waals surface area contributed by atoms with Crippen molar-refractivity contribution < 1.29 is 9.53 Å². The van der Waals surface area contributed by atoms with E-state index in [0.717, 1.165) is 21.8 Å². The quantitative estimate of drug-likeness (QED) is 0.865. The van der Waals surface area contributed by atoms with Crippen LogP contribution < -0.4 is 15.4 Å². The summed E-state index contributed by atoms with van der Waals surface area (Å²) in [5.41, 5.74) is 8.28. The molecule has 1 aromatic heterocycles. The Morgan fingerprint density at radius 2 is 2.26 bits per heavy atom. The molecule has 6 heteroatoms. The zero-order valence-electron chi connectivity index (χ0n) is 10.6. The second-order valence-electron chi connectivity index (χ2n) is 4.38. The number of likely N-dealkylation sites (N-methyl/N-ethyl adjacent to an activating group) is 1. The van der Waals surface area contributed by atoms with E-state index in [1.54, 1.807) is 11.9 Å². The molecule has 2 aromatic rings. The third kappa shape index (κ3) is 1.94. The van der Waals surface area contributed by atoms with Gasteiger partial charge in [0.25, 0.3) is 5.91 Å². The summed E-state index contributed by atoms with van der Waals surface area (Å²) in [5, 5.41) is 0.547. The number of thiazole rings is 1. The van der Waals surface area contributed by atoms with Gasteiger partial charge in [0, 0.05) is 17.5 Å². The lowest BCUT2D eigenvalue weighted by Gasteiger charge is -2.26. The van der Waals surface area contributed by atoms with Crippen LogP contribution in [0.15, 0.2) is 18.2 Å². The Morgan fingerprint density at radius 3 is 2.95 bits per heavy atom. The zero-order chi connectivity index (χ0) is 13.6. The zero-order valence-corrected chi connectivity index (χ0v) is 11.5. The van der Waals surface area contributed by atoms with Crippen LogP contribution in [0.5, 0.6) is 5.75 Å². The van der Waals surface area contributed by atoms with E-state index in [9.17, 15) is 4.79 Å². The van der Waals surface area contributed by atoms with Crippen LogP contribution in [0.25, 0.3) is 11.3 Å². The van der Waals surface area contributed by atoms with Crippen LogP contribution in [0.1, 0.15) is 4.88 Å². The van der Waals surface area contributed by atoms with Crippen LogP contribution in [-0.2, 0) is 4.79 Å². The molecule has 0 saturated heterocycles. The number of hydrogen-bond acceptors (Lipinski definition) is 5. The van der Waals surface area contributed by atoms with Crippen molar-refractivity contribution >= 4 is 28.1 Å². The fraction of sp³-hybridized carbons (Fsp3) is 0.231. The number of hydrogen-bond donors (Lipinski definition) is 1. The second-order valence-corrected chi connectivity index (χ2v) is 5.62. The molecule has 0 radical (unpaired) electrons. The van der Waals surface area contributed by atoms with Crippen LogP contribution in [0.3, 0.4) is 0 Å². The number of nitrogens with zero attached hydrogens (tertiary/aromatic N) is 2. The van der Waals surface area contributed by atoms with Gasteiger partial charge in [-0.2, -0.15) is 0 Å². The fourth-order valence-corrected chi connectivity index (χ4v) is 2.82. The number of nitrogen functional groups attached to an aromatic ring is 1. The third-order valence-corrected chi connectivity index (χ3v) is 3.93. The Morgan fingerprint density at radius 1 is 1.47 bits per heavy atom. The average Bonchev–Trinajstić information content (AvgIpc) is 2.73. The summed E-state index contributed by atoms with van der Waals surface area (Å²) < 4.78 is 5.40. The largest absolute Gasteiger partial charge is 0.482 e. The first-order valence-corrected chi connectivity index (χ1v) is 6.64. The van der Waals surface area contributed by atoms with Gasteiger partial charge in [0.2, 0.25) is 0 Å². The fourth-order valence-electron chi connectivity index (χ4n) is 2.10. The van der Waals surface area contributed by atoms with Crippen LogP contribution in [0.2, 0.25) is 0 Å². The molecule has 98 valence electrons. The third-order valence-electron chi connectivity index (χ3n) is 3.13. The molecule has 1 aliphatic rings. The molecule has 0 unspecified atom stereocenters. The molecule has 1 aliphatic heterocycles. The van der Waals surface area contributed by atoms with Gasteiger partial charge in [0.1, 0.15) is 5.75 Å². The lowest BCUT2D eigenvalue weighted by molar-refractivity contribution is -0.120. The number of rotatable bonds is 1. The predicted octanol–water partition coefficient (Wildman–Crippen LogP) is 2.06. The van der Waals surface area contributed by atoms with E-state index in [1.165, 1.54) is 11.3 Å². The van der Waals surface area contributed by atoms with Crippen molar-refractivity contribution in [2.24, 2.45) is 0 Å². The second kappa shape index (κ2) is 4.24. The number of amides is 1. The Balaban J connectivity index is 2.11. The van der Waals surface area contributed by atoms with Crippen molar-refractivity contribution in [3.05, 3.63) is 23.1 Å². The van der Waals surface area contributed by atoms with Crippen molar-refractivity contribution in [1.29, 1.82) is 0 Å². The molecule has 0 bridgehead atoms. The van der Waals surface area contributed by atoms with Crippen LogP contribution in [0.4, 0.5) is 10.8 Å². The molecule has 2 N–H and O–H groups in total. The normalized spacial score (nSPS) is 14.2. The standard InChI is InChI=1S/C13H13N3O2S/c1-7-12(15-13(14)19-7)8-3-4-10-9(5-8)16(2)11(17)6-18-10/h3-5H,6H2,1-2H3,(H2,14,15). The minimum Gasteiger partial charge on any atom is -0.482 e. The van der Waals surface area contributed by atoms with Crippen molar-refractivity contribution in [2.75, 3.05) is 24.3 Å². The number of aryl methyl sites for hydroxylation is 1. The number of carbonyl (C=O) groups is 1. The van der Waals surface area contributed by atoms with Crippen LogP contribution >= 0.6 is 11.3 Å². The van der Waals surface area contributed by atoms with Crippen molar-refractivity contribution in [2.45, 2.75) is 6.92 Å². The Bertz CT molecular complexity index is 666. The molecule has 2 heterocycles. The summed E-state index contributed by atoms with van der Waals surface area (Å²) in [4.78, 5) is 18.6. The number of anilines is 2. The lowest BCUT2D eigenvalue weighted by atomic mass is 10.1. The van der Waals surface area contributed by atoms with Gasteiger partial charge in [-0.05, 0) is 25.1 Å². The van der Waals surface area contributed by atoms with Crippen LogP contribution in [0, 0.1) is 6.92 Å². The van der Waals surface area contributed by atoms with Gasteiger partial charge in [-0.15, -0.1) is 11.3 Å². The molecule has 0 spiro atoms. The molecule has 0 aliphatic carbocycles. The maximum Gasteiger partial charge on any atom is 0.264 e. The maximum absolute atomic E-state index is 11.6. The highest BCUT2D eigenvalue weighted by Crippen LogP contribution is 2.37. The van der Waals surface area contributed by atoms with Gasteiger partial charge in [-0.1, -0.05) is 0 Å². The highest BCUT2D eigenvalue weighted by atomic mass is 32.1. The minimum atomic E-state index is -0.0563. The summed E-state index contributed by atoms with van der Waals surface area (Å²) in [6.07, 6.45) is 0. The van der Waals surface area contributed by atoms with E-state index in [-0.39, 0.29) is 12.5 Å². The monoisotopic (exact) mass is 275 g/mol. The van der Waals surface area contributed by atoms with Gasteiger partial charge in [-0.3, -0.25) is 4.79 Å². The first kappa shape index (κ1) is 12.0. The van der Waals surface area contributed by atoms with Crippen molar-refractivity contribution in [3.63, 3.8) is 0 Å². The summed E-state index contributed by atoms with van der Waals surface area (Å²) in [6, 6.07) is 5.71. The molecular weight excluding hydrogens is 262 g/mol. The van der Waals surface area contributed by atoms with Gasteiger partial charge in [0.15, 0.2) is 11.7 Å². The smallest absolute Gasteiger partial charge is 0.264 e. The number of fused-ring (bicyclic) bond motifs is 1. The molecule has 0 saturated carbocycles. The minimum absolute atomic E-state index is 0.0563. The van der Waals surface area contributed by atoms with Gasteiger partial charge in [-0.25, -0.2) is 4.98 Å². The van der Waals surface area contributed by atoms with E-state index >= 15 is 0 Å². The highest BCUT2D eigenvalue weighted by molar-refractivity contribution is 7.15. The molecule has 19 heavy (non-hydrogen) atoms. The molecule has 1 aromatic carbocycles.